The van der Waals surface area contributed by atoms with E-state index in [-0.39, 0.29) is 23.6 Å². The molecule has 0 bridgehead atoms. The molecule has 1 atom stereocenters. The summed E-state index contributed by atoms with van der Waals surface area (Å²) in [7, 11) is 1.39. The van der Waals surface area contributed by atoms with Crippen molar-refractivity contribution in [3.05, 3.63) is 58.9 Å². The first-order valence-electron chi connectivity index (χ1n) is 10.3. The highest BCUT2D eigenvalue weighted by Gasteiger charge is 2.35. The number of fused-ring (bicyclic) bond motifs is 1. The second-order valence-corrected chi connectivity index (χ2v) is 8.66. The molecule has 1 saturated heterocycles. The van der Waals surface area contributed by atoms with Crippen LogP contribution in [-0.4, -0.2) is 50.8 Å². The predicted octanol–water partition coefficient (Wildman–Crippen LogP) is 3.87. The number of thiazole rings is 1. The van der Waals surface area contributed by atoms with Crippen molar-refractivity contribution in [1.82, 2.24) is 19.5 Å². The van der Waals surface area contributed by atoms with E-state index in [0.717, 1.165) is 0 Å². The number of methoxy groups -OCH3 is 1. The smallest absolute Gasteiger partial charge is 0.308 e. The van der Waals surface area contributed by atoms with Gasteiger partial charge in [0.15, 0.2) is 5.76 Å². The van der Waals surface area contributed by atoms with E-state index < -0.39 is 6.04 Å². The second kappa shape index (κ2) is 8.36. The quantitative estimate of drug-likeness (QED) is 0.456. The maximum absolute atomic E-state index is 14.9. The summed E-state index contributed by atoms with van der Waals surface area (Å²) in [6.07, 6.45) is 2.73. The molecule has 32 heavy (non-hydrogen) atoms. The van der Waals surface area contributed by atoms with Crippen molar-refractivity contribution in [3.63, 3.8) is 0 Å². The van der Waals surface area contributed by atoms with Gasteiger partial charge in [0, 0.05) is 5.56 Å². The number of halogens is 1. The van der Waals surface area contributed by atoms with Crippen molar-refractivity contribution >= 4 is 22.3 Å². The molecule has 4 heterocycles. The van der Waals surface area contributed by atoms with E-state index in [9.17, 15) is 14.3 Å². The Bertz CT molecular complexity index is 1240. The van der Waals surface area contributed by atoms with Gasteiger partial charge >= 0.3 is 5.97 Å². The highest BCUT2D eigenvalue weighted by atomic mass is 32.1. The first-order valence-corrected chi connectivity index (χ1v) is 11.1. The van der Waals surface area contributed by atoms with Crippen LogP contribution >= 0.6 is 11.3 Å². The summed E-state index contributed by atoms with van der Waals surface area (Å²) in [6, 6.07) is 9.48. The minimum atomic E-state index is -0.532. The largest absolute Gasteiger partial charge is 0.492 e. The third-order valence-electron chi connectivity index (χ3n) is 5.82. The lowest BCUT2D eigenvalue weighted by Gasteiger charge is -2.36. The molecule has 1 fully saturated rings. The molecular weight excluding hydrogens is 435 g/mol. The van der Waals surface area contributed by atoms with Crippen LogP contribution in [0.15, 0.2) is 47.1 Å². The summed E-state index contributed by atoms with van der Waals surface area (Å²) in [5.41, 5.74) is 0.454. The summed E-state index contributed by atoms with van der Waals surface area (Å²) in [6.45, 7) is 1.12. The van der Waals surface area contributed by atoms with Crippen LogP contribution in [-0.2, 0) is 9.53 Å². The van der Waals surface area contributed by atoms with Gasteiger partial charge < -0.3 is 14.3 Å². The minimum Gasteiger partial charge on any atom is -0.492 e. The molecule has 1 aromatic carbocycles. The molecular formula is C22H21FN4O4S. The van der Waals surface area contributed by atoms with Gasteiger partial charge in [-0.25, -0.2) is 4.39 Å². The zero-order valence-corrected chi connectivity index (χ0v) is 18.1. The fourth-order valence-corrected chi connectivity index (χ4v) is 5.31. The van der Waals surface area contributed by atoms with E-state index in [1.807, 2.05) is 0 Å². The molecule has 0 aliphatic carbocycles. The molecule has 8 nitrogen and oxygen atoms in total. The van der Waals surface area contributed by atoms with Gasteiger partial charge in [0.2, 0.25) is 16.7 Å². The Kier molecular flexibility index (Phi) is 5.40. The number of likely N-dealkylation sites (tertiary alicyclic amines) is 1. The predicted molar refractivity (Wildman–Crippen MR) is 115 cm³/mol. The van der Waals surface area contributed by atoms with Crippen LogP contribution in [0.25, 0.3) is 16.5 Å². The second-order valence-electron chi connectivity index (χ2n) is 7.65. The Morgan fingerprint density at radius 3 is 2.72 bits per heavy atom. The van der Waals surface area contributed by atoms with Gasteiger partial charge in [0.1, 0.15) is 5.82 Å². The SMILES string of the molecule is COC(=O)C1CCN([C@H](c2ccccc2F)c2sc3nc(-c4ccco4)nn3c2O)CC1. The van der Waals surface area contributed by atoms with Crippen LogP contribution in [0.5, 0.6) is 5.88 Å². The first-order chi connectivity index (χ1) is 15.6. The highest BCUT2D eigenvalue weighted by molar-refractivity contribution is 7.17. The summed E-state index contributed by atoms with van der Waals surface area (Å²) < 4.78 is 26.5. The van der Waals surface area contributed by atoms with Gasteiger partial charge in [-0.05, 0) is 44.1 Å². The van der Waals surface area contributed by atoms with Gasteiger partial charge in [-0.1, -0.05) is 29.5 Å². The van der Waals surface area contributed by atoms with Crippen molar-refractivity contribution in [2.75, 3.05) is 20.2 Å². The molecule has 0 spiro atoms. The molecule has 1 aliphatic rings. The number of carbonyl (C=O) groups excluding carboxylic acids is 1. The van der Waals surface area contributed by atoms with E-state index in [4.69, 9.17) is 9.15 Å². The van der Waals surface area contributed by atoms with Crippen molar-refractivity contribution in [3.8, 4) is 17.5 Å². The highest BCUT2D eigenvalue weighted by Crippen LogP contribution is 2.42. The number of benzene rings is 1. The molecule has 1 N–H and O–H groups in total. The number of furan rings is 1. The van der Waals surface area contributed by atoms with Crippen molar-refractivity contribution in [2.24, 2.45) is 5.92 Å². The molecule has 1 aliphatic heterocycles. The maximum Gasteiger partial charge on any atom is 0.308 e. The van der Waals surface area contributed by atoms with Gasteiger partial charge in [-0.2, -0.15) is 9.50 Å². The average molecular weight is 456 g/mol. The third-order valence-corrected chi connectivity index (χ3v) is 6.89. The Hall–Kier alpha value is -3.24. The molecule has 166 valence electrons. The molecule has 5 rings (SSSR count). The van der Waals surface area contributed by atoms with Crippen molar-refractivity contribution < 1.29 is 23.4 Å². The van der Waals surface area contributed by atoms with E-state index in [1.165, 1.54) is 35.3 Å². The summed E-state index contributed by atoms with van der Waals surface area (Å²) in [4.78, 5) is 19.5. The topological polar surface area (TPSA) is 93.1 Å². The number of hydrogen-bond donors (Lipinski definition) is 1. The number of rotatable bonds is 5. The maximum atomic E-state index is 14.9. The monoisotopic (exact) mass is 456 g/mol. The van der Waals surface area contributed by atoms with Crippen molar-refractivity contribution in [1.29, 1.82) is 0 Å². The number of aromatic hydroxyl groups is 1. The third kappa shape index (κ3) is 3.55. The Balaban J connectivity index is 1.53. The molecule has 0 amide bonds. The van der Waals surface area contributed by atoms with E-state index in [2.05, 4.69) is 15.0 Å². The summed E-state index contributed by atoms with van der Waals surface area (Å²) in [5, 5.41) is 15.4. The Morgan fingerprint density at radius 1 is 1.28 bits per heavy atom. The summed E-state index contributed by atoms with van der Waals surface area (Å²) in [5.74, 6) is 0.0196. The normalized spacial score (nSPS) is 16.4. The lowest BCUT2D eigenvalue weighted by Crippen LogP contribution is -2.39. The van der Waals surface area contributed by atoms with E-state index in [0.29, 0.717) is 52.9 Å². The lowest BCUT2D eigenvalue weighted by atomic mass is 9.93. The molecule has 0 radical (unpaired) electrons. The van der Waals surface area contributed by atoms with Crippen LogP contribution in [0.4, 0.5) is 4.39 Å². The fraction of sp³-hybridized carbons (Fsp3) is 0.318. The Morgan fingerprint density at radius 2 is 2.06 bits per heavy atom. The van der Waals surface area contributed by atoms with Crippen LogP contribution in [0.3, 0.4) is 0 Å². The number of hydrogen-bond acceptors (Lipinski definition) is 8. The molecule has 0 unspecified atom stereocenters. The van der Waals surface area contributed by atoms with Crippen LogP contribution < -0.4 is 0 Å². The first kappa shape index (κ1) is 20.7. The number of carbonyl (C=O) groups is 1. The van der Waals surface area contributed by atoms with Gasteiger partial charge in [0.05, 0.1) is 30.2 Å². The number of ether oxygens (including phenoxy) is 1. The molecule has 4 aromatic rings. The van der Waals surface area contributed by atoms with Gasteiger partial charge in [0.25, 0.3) is 0 Å². The van der Waals surface area contributed by atoms with E-state index in [1.54, 1.807) is 30.3 Å². The molecule has 10 heteroatoms. The number of aromatic nitrogens is 3. The molecule has 0 saturated carbocycles. The average Bonchev–Trinajstić information content (AvgIpc) is 3.54. The molecule has 3 aromatic heterocycles. The zero-order valence-electron chi connectivity index (χ0n) is 17.3. The lowest BCUT2D eigenvalue weighted by molar-refractivity contribution is -0.147. The fourth-order valence-electron chi connectivity index (χ4n) is 4.20. The minimum absolute atomic E-state index is 0.0846. The number of esters is 1. The summed E-state index contributed by atoms with van der Waals surface area (Å²) >= 11 is 1.26. The zero-order chi connectivity index (χ0) is 22.2. The van der Waals surface area contributed by atoms with Crippen LogP contribution in [0, 0.1) is 11.7 Å². The number of nitrogens with zero attached hydrogens (tertiary/aromatic N) is 4. The Labute approximate surface area is 186 Å². The standard InChI is InChI=1S/C22H21FN4O4S/c1-30-21(29)13-8-10-26(11-9-13)17(14-5-2-3-6-15(14)23)18-20(28)27-22(32-18)24-19(25-27)16-7-4-12-31-16/h2-7,12-13,17,28H,8-11H2,1H3/t17-/m1/s1. The van der Waals surface area contributed by atoms with E-state index >= 15 is 0 Å². The van der Waals surface area contributed by atoms with Crippen LogP contribution in [0.2, 0.25) is 0 Å². The van der Waals surface area contributed by atoms with Crippen molar-refractivity contribution in [2.45, 2.75) is 18.9 Å². The van der Waals surface area contributed by atoms with Gasteiger partial charge in [-0.3, -0.25) is 9.69 Å². The number of piperidine rings is 1. The van der Waals surface area contributed by atoms with Gasteiger partial charge in [-0.15, -0.1) is 5.10 Å². The van der Waals surface area contributed by atoms with Crippen LogP contribution in [0.1, 0.15) is 29.3 Å².